The van der Waals surface area contributed by atoms with Crippen LogP contribution in [0.4, 0.5) is 11.4 Å². The van der Waals surface area contributed by atoms with Crippen molar-refractivity contribution in [2.24, 2.45) is 5.92 Å². The molecule has 162 valence electrons. The van der Waals surface area contributed by atoms with Crippen LogP contribution in [0.15, 0.2) is 48.2 Å². The van der Waals surface area contributed by atoms with Crippen LogP contribution in [0, 0.1) is 23.0 Å². The van der Waals surface area contributed by atoms with E-state index in [2.05, 4.69) is 10.6 Å². The van der Waals surface area contributed by atoms with Gasteiger partial charge in [0.2, 0.25) is 5.91 Å². The minimum atomic E-state index is -0.527. The number of nitro benzene ring substituents is 1. The number of carbonyl (C=O) groups is 2. The Morgan fingerprint density at radius 1 is 1.13 bits per heavy atom. The first-order valence-corrected chi connectivity index (χ1v) is 10.6. The first-order chi connectivity index (χ1) is 14.8. The molecule has 8 heteroatoms. The Morgan fingerprint density at radius 2 is 1.87 bits per heavy atom. The Balaban J connectivity index is 1.90. The van der Waals surface area contributed by atoms with Gasteiger partial charge < -0.3 is 10.6 Å². The molecule has 0 saturated heterocycles. The lowest BCUT2D eigenvalue weighted by atomic mass is 9.88. The molecule has 0 heterocycles. The maximum absolute atomic E-state index is 13.0. The van der Waals surface area contributed by atoms with E-state index in [1.54, 1.807) is 24.3 Å². The Bertz CT molecular complexity index is 1030. The molecule has 0 atom stereocenters. The number of nitrogens with one attached hydrogen (secondary N) is 2. The van der Waals surface area contributed by atoms with Crippen LogP contribution >= 0.6 is 11.6 Å². The van der Waals surface area contributed by atoms with Crippen molar-refractivity contribution in [3.05, 3.63) is 74.4 Å². The second-order valence-electron chi connectivity index (χ2n) is 7.65. The number of aryl methyl sites for hydroxylation is 1. The zero-order chi connectivity index (χ0) is 22.4. The highest BCUT2D eigenvalue weighted by Gasteiger charge is 2.24. The molecular formula is C23H24ClN3O4. The number of benzene rings is 2. The summed E-state index contributed by atoms with van der Waals surface area (Å²) in [5.74, 6) is -0.890. The van der Waals surface area contributed by atoms with Gasteiger partial charge in [-0.2, -0.15) is 0 Å². The predicted molar refractivity (Wildman–Crippen MR) is 121 cm³/mol. The molecule has 3 rings (SSSR count). The van der Waals surface area contributed by atoms with Crippen molar-refractivity contribution in [1.82, 2.24) is 5.32 Å². The summed E-state index contributed by atoms with van der Waals surface area (Å²) in [7, 11) is 0. The lowest BCUT2D eigenvalue weighted by Gasteiger charge is -2.21. The second kappa shape index (κ2) is 10.2. The van der Waals surface area contributed by atoms with Crippen LogP contribution in [-0.2, 0) is 9.59 Å². The number of anilines is 1. The summed E-state index contributed by atoms with van der Waals surface area (Å²) in [5.41, 5.74) is 1.69. The Labute approximate surface area is 185 Å². The van der Waals surface area contributed by atoms with Gasteiger partial charge in [0.25, 0.3) is 11.6 Å². The van der Waals surface area contributed by atoms with Crippen molar-refractivity contribution in [2.75, 3.05) is 5.32 Å². The van der Waals surface area contributed by atoms with E-state index in [4.69, 9.17) is 11.6 Å². The van der Waals surface area contributed by atoms with E-state index in [9.17, 15) is 19.7 Å². The normalized spacial score (nSPS) is 14.7. The van der Waals surface area contributed by atoms with Crippen LogP contribution in [0.2, 0.25) is 5.02 Å². The monoisotopic (exact) mass is 441 g/mol. The van der Waals surface area contributed by atoms with Crippen LogP contribution in [0.5, 0.6) is 0 Å². The Kier molecular flexibility index (Phi) is 7.41. The second-order valence-corrected chi connectivity index (χ2v) is 8.08. The minimum Gasteiger partial charge on any atom is -0.321 e. The molecule has 0 unspecified atom stereocenters. The summed E-state index contributed by atoms with van der Waals surface area (Å²) in [6.45, 7) is 1.83. The Hall–Kier alpha value is -3.19. The Morgan fingerprint density at radius 3 is 2.58 bits per heavy atom. The summed E-state index contributed by atoms with van der Waals surface area (Å²) < 4.78 is 0. The van der Waals surface area contributed by atoms with Crippen LogP contribution in [0.3, 0.4) is 0 Å². The molecule has 0 spiro atoms. The third kappa shape index (κ3) is 6.15. The zero-order valence-corrected chi connectivity index (χ0v) is 17.9. The number of rotatable bonds is 6. The van der Waals surface area contributed by atoms with Gasteiger partial charge in [-0.05, 0) is 49.1 Å². The van der Waals surface area contributed by atoms with Gasteiger partial charge in [-0.1, -0.05) is 49.1 Å². The molecule has 0 aromatic heterocycles. The van der Waals surface area contributed by atoms with Crippen LogP contribution in [0.25, 0.3) is 6.08 Å². The molecule has 1 aliphatic rings. The molecule has 0 aliphatic heterocycles. The van der Waals surface area contributed by atoms with Gasteiger partial charge in [-0.25, -0.2) is 0 Å². The SMILES string of the molecule is Cc1ccc(Cl)cc1NC(=O)/C(=C/c1cccc([N+](=O)[O-])c1)NC(=O)C1CCCCC1. The lowest BCUT2D eigenvalue weighted by molar-refractivity contribution is -0.384. The standard InChI is InChI=1S/C23H24ClN3O4/c1-15-10-11-18(24)14-20(15)25-23(29)21(26-22(28)17-7-3-2-4-8-17)13-16-6-5-9-19(12-16)27(30)31/h5-6,9-14,17H,2-4,7-8H2,1H3,(H,25,29)(H,26,28)/b21-13-. The summed E-state index contributed by atoms with van der Waals surface area (Å²) in [5, 5.41) is 17.1. The number of nitrogens with zero attached hydrogens (tertiary/aromatic N) is 1. The molecule has 1 saturated carbocycles. The van der Waals surface area contributed by atoms with Crippen LogP contribution in [0.1, 0.15) is 43.2 Å². The van der Waals surface area contributed by atoms with E-state index >= 15 is 0 Å². The van der Waals surface area contributed by atoms with Crippen molar-refractivity contribution < 1.29 is 14.5 Å². The number of carbonyl (C=O) groups excluding carboxylic acids is 2. The average molecular weight is 442 g/mol. The van der Waals surface area contributed by atoms with Gasteiger partial charge >= 0.3 is 0 Å². The molecular weight excluding hydrogens is 418 g/mol. The third-order valence-electron chi connectivity index (χ3n) is 5.32. The summed E-state index contributed by atoms with van der Waals surface area (Å²) >= 11 is 6.04. The summed E-state index contributed by atoms with van der Waals surface area (Å²) in [4.78, 5) is 36.4. The summed E-state index contributed by atoms with van der Waals surface area (Å²) in [6, 6.07) is 11.0. The van der Waals surface area contributed by atoms with Crippen LogP contribution in [-0.4, -0.2) is 16.7 Å². The van der Waals surface area contributed by atoms with Crippen molar-refractivity contribution >= 4 is 40.9 Å². The van der Waals surface area contributed by atoms with E-state index in [1.165, 1.54) is 24.3 Å². The smallest absolute Gasteiger partial charge is 0.272 e. The maximum atomic E-state index is 13.0. The molecule has 2 amide bonds. The first-order valence-electron chi connectivity index (χ1n) is 10.2. The molecule has 0 bridgehead atoms. The topological polar surface area (TPSA) is 101 Å². The molecule has 1 fully saturated rings. The van der Waals surface area contributed by atoms with Gasteiger partial charge in [-0.15, -0.1) is 0 Å². The number of amides is 2. The molecule has 2 aromatic carbocycles. The fraction of sp³-hybridized carbons (Fsp3) is 0.304. The first kappa shape index (κ1) is 22.5. The van der Waals surface area contributed by atoms with Gasteiger partial charge in [0.1, 0.15) is 5.70 Å². The molecule has 7 nitrogen and oxygen atoms in total. The van der Waals surface area contributed by atoms with E-state index in [1.807, 2.05) is 6.92 Å². The van der Waals surface area contributed by atoms with Gasteiger partial charge in [0, 0.05) is 28.8 Å². The van der Waals surface area contributed by atoms with Crippen LogP contribution < -0.4 is 10.6 Å². The van der Waals surface area contributed by atoms with E-state index in [-0.39, 0.29) is 23.2 Å². The lowest BCUT2D eigenvalue weighted by Crippen LogP contribution is -2.35. The quantitative estimate of drug-likeness (QED) is 0.364. The molecule has 2 N–H and O–H groups in total. The highest BCUT2D eigenvalue weighted by Crippen LogP contribution is 2.25. The molecule has 1 aliphatic carbocycles. The van der Waals surface area contributed by atoms with E-state index in [0.717, 1.165) is 37.7 Å². The number of nitro groups is 1. The van der Waals surface area contributed by atoms with Gasteiger partial charge in [-0.3, -0.25) is 19.7 Å². The highest BCUT2D eigenvalue weighted by molar-refractivity contribution is 6.31. The number of non-ortho nitro benzene ring substituents is 1. The van der Waals surface area contributed by atoms with Gasteiger partial charge in [0.15, 0.2) is 0 Å². The highest BCUT2D eigenvalue weighted by atomic mass is 35.5. The fourth-order valence-electron chi connectivity index (χ4n) is 3.57. The third-order valence-corrected chi connectivity index (χ3v) is 5.55. The average Bonchev–Trinajstić information content (AvgIpc) is 2.76. The number of halogens is 1. The molecule has 0 radical (unpaired) electrons. The van der Waals surface area contributed by atoms with Crippen molar-refractivity contribution in [3.8, 4) is 0 Å². The molecule has 2 aromatic rings. The van der Waals surface area contributed by atoms with Crippen molar-refractivity contribution in [1.29, 1.82) is 0 Å². The summed E-state index contributed by atoms with van der Waals surface area (Å²) in [6.07, 6.45) is 6.08. The number of hydrogen-bond acceptors (Lipinski definition) is 4. The van der Waals surface area contributed by atoms with Gasteiger partial charge in [0.05, 0.1) is 4.92 Å². The fourth-order valence-corrected chi connectivity index (χ4v) is 3.74. The molecule has 31 heavy (non-hydrogen) atoms. The van der Waals surface area contributed by atoms with E-state index < -0.39 is 10.8 Å². The maximum Gasteiger partial charge on any atom is 0.272 e. The minimum absolute atomic E-state index is 0.0236. The van der Waals surface area contributed by atoms with E-state index in [0.29, 0.717) is 16.3 Å². The number of hydrogen-bond donors (Lipinski definition) is 2. The van der Waals surface area contributed by atoms with Crippen molar-refractivity contribution in [2.45, 2.75) is 39.0 Å². The largest absolute Gasteiger partial charge is 0.321 e. The van der Waals surface area contributed by atoms with Crippen molar-refractivity contribution in [3.63, 3.8) is 0 Å². The predicted octanol–water partition coefficient (Wildman–Crippen LogP) is 5.23. The zero-order valence-electron chi connectivity index (χ0n) is 17.2.